The lowest BCUT2D eigenvalue weighted by molar-refractivity contribution is -0.124. The molecule has 2 aromatic heterocycles. The van der Waals surface area contributed by atoms with Gasteiger partial charge in [-0.05, 0) is 41.0 Å². The number of amides is 1. The largest absolute Gasteiger partial charge is 0.342 e. The van der Waals surface area contributed by atoms with Gasteiger partial charge in [-0.15, -0.1) is 0 Å². The van der Waals surface area contributed by atoms with Crippen LogP contribution in [-0.4, -0.2) is 26.1 Å². The lowest BCUT2D eigenvalue weighted by Gasteiger charge is -2.00. The molecule has 28 heavy (non-hydrogen) atoms. The van der Waals surface area contributed by atoms with Crippen LogP contribution < -0.4 is 5.48 Å². The fourth-order valence-corrected chi connectivity index (χ4v) is 3.01. The molecule has 138 valence electrons. The predicted octanol–water partition coefficient (Wildman–Crippen LogP) is 3.73. The van der Waals surface area contributed by atoms with Gasteiger partial charge in [0.1, 0.15) is 5.82 Å². The molecule has 4 aromatic rings. The van der Waals surface area contributed by atoms with Crippen LogP contribution in [0.5, 0.6) is 0 Å². The number of carbonyl (C=O) groups is 1. The van der Waals surface area contributed by atoms with E-state index in [0.717, 1.165) is 39.1 Å². The number of H-pyrrole nitrogens is 1. The fraction of sp³-hybridized carbons (Fsp3) is 0.0455. The Morgan fingerprint density at radius 3 is 2.71 bits per heavy atom. The van der Waals surface area contributed by atoms with Gasteiger partial charge in [-0.2, -0.15) is 0 Å². The third-order valence-corrected chi connectivity index (χ3v) is 4.41. The molecule has 0 bridgehead atoms. The van der Waals surface area contributed by atoms with Gasteiger partial charge in [0.15, 0.2) is 0 Å². The maximum Gasteiger partial charge on any atom is 0.267 e. The van der Waals surface area contributed by atoms with Gasteiger partial charge < -0.3 is 4.98 Å². The first-order valence-electron chi connectivity index (χ1n) is 8.81. The topological polar surface area (TPSA) is 90.9 Å². The number of hydroxylamine groups is 1. The Hall–Kier alpha value is -3.77. The van der Waals surface area contributed by atoms with Crippen molar-refractivity contribution in [2.75, 3.05) is 0 Å². The third kappa shape index (κ3) is 3.97. The van der Waals surface area contributed by atoms with E-state index in [4.69, 9.17) is 5.21 Å². The summed E-state index contributed by atoms with van der Waals surface area (Å²) in [6, 6.07) is 17.9. The van der Waals surface area contributed by atoms with E-state index in [1.165, 1.54) is 6.08 Å². The van der Waals surface area contributed by atoms with Gasteiger partial charge in [0, 0.05) is 30.5 Å². The van der Waals surface area contributed by atoms with Crippen molar-refractivity contribution in [2.45, 2.75) is 6.42 Å². The van der Waals surface area contributed by atoms with E-state index in [1.54, 1.807) is 17.8 Å². The molecule has 3 N–H and O–H groups in total. The molecule has 1 amide bonds. The van der Waals surface area contributed by atoms with Crippen LogP contribution in [0.2, 0.25) is 0 Å². The van der Waals surface area contributed by atoms with Crippen molar-refractivity contribution in [1.82, 2.24) is 20.4 Å². The summed E-state index contributed by atoms with van der Waals surface area (Å²) in [6.45, 7) is 0. The van der Waals surface area contributed by atoms with E-state index in [0.29, 0.717) is 6.42 Å². The van der Waals surface area contributed by atoms with Crippen LogP contribution in [0.15, 0.2) is 73.1 Å². The van der Waals surface area contributed by atoms with E-state index < -0.39 is 5.91 Å². The molecule has 0 radical (unpaired) electrons. The van der Waals surface area contributed by atoms with Crippen molar-refractivity contribution < 1.29 is 10.0 Å². The number of nitrogens with zero attached hydrogens (tertiary/aromatic N) is 2. The van der Waals surface area contributed by atoms with Crippen LogP contribution in [0, 0.1) is 0 Å². The second kappa shape index (κ2) is 7.85. The first-order valence-corrected chi connectivity index (χ1v) is 8.81. The van der Waals surface area contributed by atoms with Crippen molar-refractivity contribution in [1.29, 1.82) is 0 Å². The van der Waals surface area contributed by atoms with Crippen molar-refractivity contribution in [2.24, 2.45) is 0 Å². The van der Waals surface area contributed by atoms with Crippen molar-refractivity contribution in [3.8, 4) is 11.1 Å². The van der Waals surface area contributed by atoms with Crippen LogP contribution in [-0.2, 0) is 11.2 Å². The number of aromatic amines is 1. The third-order valence-electron chi connectivity index (χ3n) is 4.41. The molecule has 0 saturated heterocycles. The Labute approximate surface area is 161 Å². The summed E-state index contributed by atoms with van der Waals surface area (Å²) in [5, 5.41) is 8.50. The Kier molecular flexibility index (Phi) is 4.95. The van der Waals surface area contributed by atoms with E-state index in [1.807, 2.05) is 54.7 Å². The Morgan fingerprint density at radius 2 is 1.96 bits per heavy atom. The molecule has 2 aromatic carbocycles. The summed E-state index contributed by atoms with van der Waals surface area (Å²) in [7, 11) is 0. The van der Waals surface area contributed by atoms with Crippen molar-refractivity contribution >= 4 is 23.0 Å². The summed E-state index contributed by atoms with van der Waals surface area (Å²) in [4.78, 5) is 23.3. The molecule has 0 fully saturated rings. The predicted molar refractivity (Wildman–Crippen MR) is 108 cm³/mol. The summed E-state index contributed by atoms with van der Waals surface area (Å²) in [5.41, 5.74) is 7.63. The molecule has 0 spiro atoms. The number of pyridine rings is 1. The molecule has 0 aliphatic heterocycles. The van der Waals surface area contributed by atoms with E-state index in [-0.39, 0.29) is 0 Å². The molecular weight excluding hydrogens is 352 g/mol. The highest BCUT2D eigenvalue weighted by atomic mass is 16.5. The number of benzene rings is 2. The minimum Gasteiger partial charge on any atom is -0.342 e. The quantitative estimate of drug-likeness (QED) is 0.284. The lowest BCUT2D eigenvalue weighted by Crippen LogP contribution is -2.14. The second-order valence-electron chi connectivity index (χ2n) is 6.38. The van der Waals surface area contributed by atoms with Gasteiger partial charge in [-0.1, -0.05) is 36.4 Å². The molecule has 4 rings (SSSR count). The number of aromatic nitrogens is 3. The smallest absolute Gasteiger partial charge is 0.267 e. The van der Waals surface area contributed by atoms with E-state index >= 15 is 0 Å². The molecule has 0 aliphatic rings. The monoisotopic (exact) mass is 370 g/mol. The first kappa shape index (κ1) is 17.6. The lowest BCUT2D eigenvalue weighted by atomic mass is 10.1. The maximum absolute atomic E-state index is 11.0. The highest BCUT2D eigenvalue weighted by Gasteiger charge is 2.06. The number of rotatable bonds is 5. The summed E-state index contributed by atoms with van der Waals surface area (Å²) >= 11 is 0. The van der Waals surface area contributed by atoms with Gasteiger partial charge in [0.05, 0.1) is 11.0 Å². The highest BCUT2D eigenvalue weighted by Crippen LogP contribution is 2.23. The van der Waals surface area contributed by atoms with Gasteiger partial charge in [-0.25, -0.2) is 10.5 Å². The fourth-order valence-electron chi connectivity index (χ4n) is 3.01. The van der Waals surface area contributed by atoms with E-state index in [9.17, 15) is 4.79 Å². The van der Waals surface area contributed by atoms with Crippen molar-refractivity contribution in [3.05, 3.63) is 90.0 Å². The van der Waals surface area contributed by atoms with Gasteiger partial charge in [-0.3, -0.25) is 15.0 Å². The normalized spacial score (nSPS) is 11.2. The first-order chi connectivity index (χ1) is 13.7. The molecule has 6 nitrogen and oxygen atoms in total. The zero-order chi connectivity index (χ0) is 19.3. The standard InChI is InChI=1S/C22H18N4O2/c27-22(26-28)10-7-15-3-5-16(6-4-15)12-21-24-19-9-8-17(13-20(19)25-21)18-2-1-11-23-14-18/h1-11,13-14,28H,12H2,(H,24,25)(H,26,27). The van der Waals surface area contributed by atoms with Gasteiger partial charge in [0.25, 0.3) is 5.91 Å². The molecule has 6 heteroatoms. The number of hydrogen-bond donors (Lipinski definition) is 3. The van der Waals surface area contributed by atoms with Crippen LogP contribution in [0.1, 0.15) is 17.0 Å². The maximum atomic E-state index is 11.0. The Morgan fingerprint density at radius 1 is 1.11 bits per heavy atom. The number of hydrogen-bond acceptors (Lipinski definition) is 4. The molecule has 0 unspecified atom stereocenters. The Bertz CT molecular complexity index is 1130. The van der Waals surface area contributed by atoms with Crippen LogP contribution in [0.3, 0.4) is 0 Å². The number of carbonyl (C=O) groups excluding carboxylic acids is 1. The summed E-state index contributed by atoms with van der Waals surface area (Å²) < 4.78 is 0. The average Bonchev–Trinajstić information content (AvgIpc) is 3.15. The van der Waals surface area contributed by atoms with Gasteiger partial charge >= 0.3 is 0 Å². The van der Waals surface area contributed by atoms with Crippen molar-refractivity contribution in [3.63, 3.8) is 0 Å². The second-order valence-corrected chi connectivity index (χ2v) is 6.38. The van der Waals surface area contributed by atoms with Crippen LogP contribution >= 0.6 is 0 Å². The molecule has 2 heterocycles. The number of fused-ring (bicyclic) bond motifs is 1. The van der Waals surface area contributed by atoms with Gasteiger partial charge in [0.2, 0.25) is 0 Å². The molecular formula is C22H18N4O2. The highest BCUT2D eigenvalue weighted by molar-refractivity contribution is 5.90. The van der Waals surface area contributed by atoms with Crippen LogP contribution in [0.4, 0.5) is 0 Å². The summed E-state index contributed by atoms with van der Waals surface area (Å²) in [5.74, 6) is 0.332. The molecule has 0 atom stereocenters. The molecule has 0 aliphatic carbocycles. The molecule has 0 saturated carbocycles. The SMILES string of the molecule is O=C(C=Cc1ccc(Cc2nc3ccc(-c4cccnc4)cc3[nH]2)cc1)NO. The number of nitrogens with one attached hydrogen (secondary N) is 2. The zero-order valence-electron chi connectivity index (χ0n) is 15.0. The number of imidazole rings is 1. The average molecular weight is 370 g/mol. The Balaban J connectivity index is 1.52. The minimum atomic E-state index is -0.558. The minimum absolute atomic E-state index is 0.558. The van der Waals surface area contributed by atoms with E-state index in [2.05, 4.69) is 21.0 Å². The zero-order valence-corrected chi connectivity index (χ0v) is 15.0. The van der Waals surface area contributed by atoms with Crippen LogP contribution in [0.25, 0.3) is 28.2 Å². The summed E-state index contributed by atoms with van der Waals surface area (Å²) in [6.07, 6.45) is 7.19.